The summed E-state index contributed by atoms with van der Waals surface area (Å²) in [7, 11) is 0. The molecule has 0 unspecified atom stereocenters. The standard InChI is InChI=1S/C22H25BrCl2N2O2/c1-14(21(29)26-22(2,3)4)27(13-15-7-5-8-16(23)11-15)20(28)12-17-18(24)9-6-10-19(17)25/h5-11,14H,12-13H2,1-4H3,(H,26,29)/t14-/m0/s1. The van der Waals surface area contributed by atoms with E-state index in [-0.39, 0.29) is 18.2 Å². The summed E-state index contributed by atoms with van der Waals surface area (Å²) in [5, 5.41) is 3.81. The van der Waals surface area contributed by atoms with E-state index in [2.05, 4.69) is 21.2 Å². The van der Waals surface area contributed by atoms with Gasteiger partial charge < -0.3 is 10.2 Å². The topological polar surface area (TPSA) is 49.4 Å². The van der Waals surface area contributed by atoms with Gasteiger partial charge in [-0.15, -0.1) is 0 Å². The maximum absolute atomic E-state index is 13.2. The van der Waals surface area contributed by atoms with Gasteiger partial charge in [-0.3, -0.25) is 9.59 Å². The lowest BCUT2D eigenvalue weighted by atomic mass is 10.1. The summed E-state index contributed by atoms with van der Waals surface area (Å²) < 4.78 is 0.906. The smallest absolute Gasteiger partial charge is 0.242 e. The van der Waals surface area contributed by atoms with Crippen molar-refractivity contribution in [2.75, 3.05) is 0 Å². The molecule has 0 spiro atoms. The number of amides is 2. The number of nitrogens with one attached hydrogen (secondary N) is 1. The Balaban J connectivity index is 2.32. The highest BCUT2D eigenvalue weighted by Crippen LogP contribution is 2.26. The molecule has 0 aromatic heterocycles. The molecule has 0 heterocycles. The summed E-state index contributed by atoms with van der Waals surface area (Å²) >= 11 is 15.9. The van der Waals surface area contributed by atoms with E-state index < -0.39 is 11.6 Å². The van der Waals surface area contributed by atoms with Gasteiger partial charge in [-0.05, 0) is 63.1 Å². The van der Waals surface area contributed by atoms with Crippen molar-refractivity contribution in [3.63, 3.8) is 0 Å². The maximum atomic E-state index is 13.2. The molecule has 0 bridgehead atoms. The Morgan fingerprint density at radius 2 is 1.69 bits per heavy atom. The third kappa shape index (κ3) is 7.02. The fraction of sp³-hybridized carbons (Fsp3) is 0.364. The molecule has 2 rings (SSSR count). The van der Waals surface area contributed by atoms with Crippen LogP contribution < -0.4 is 5.32 Å². The van der Waals surface area contributed by atoms with Crippen LogP contribution in [0.15, 0.2) is 46.9 Å². The van der Waals surface area contributed by atoms with Crippen molar-refractivity contribution in [1.29, 1.82) is 0 Å². The lowest BCUT2D eigenvalue weighted by Crippen LogP contribution is -2.52. The molecule has 0 fully saturated rings. The van der Waals surface area contributed by atoms with Crippen LogP contribution in [0.3, 0.4) is 0 Å². The molecule has 1 atom stereocenters. The number of rotatable bonds is 6. The van der Waals surface area contributed by atoms with Crippen molar-refractivity contribution in [1.82, 2.24) is 10.2 Å². The molecule has 0 aliphatic carbocycles. The second-order valence-corrected chi connectivity index (χ2v) is 9.67. The monoisotopic (exact) mass is 498 g/mol. The van der Waals surface area contributed by atoms with Gasteiger partial charge >= 0.3 is 0 Å². The molecule has 4 nitrogen and oxygen atoms in total. The Kier molecular flexibility index (Phi) is 8.15. The predicted octanol–water partition coefficient (Wildman–Crippen LogP) is 5.63. The second-order valence-electron chi connectivity index (χ2n) is 7.94. The van der Waals surface area contributed by atoms with Gasteiger partial charge in [-0.1, -0.05) is 57.3 Å². The summed E-state index contributed by atoms with van der Waals surface area (Å²) in [6.07, 6.45) is 0.0135. The van der Waals surface area contributed by atoms with Crippen molar-refractivity contribution in [2.45, 2.75) is 52.2 Å². The average molecular weight is 500 g/mol. The highest BCUT2D eigenvalue weighted by molar-refractivity contribution is 9.10. The van der Waals surface area contributed by atoms with Crippen molar-refractivity contribution in [3.8, 4) is 0 Å². The van der Waals surface area contributed by atoms with E-state index in [1.807, 2.05) is 45.0 Å². The number of hydrogen-bond donors (Lipinski definition) is 1. The van der Waals surface area contributed by atoms with E-state index >= 15 is 0 Å². The average Bonchev–Trinajstić information content (AvgIpc) is 2.61. The number of benzene rings is 2. The Hall–Kier alpha value is -1.56. The molecule has 0 radical (unpaired) electrons. The van der Waals surface area contributed by atoms with Crippen LogP contribution in [0, 0.1) is 0 Å². The van der Waals surface area contributed by atoms with Crippen LogP contribution in [0.2, 0.25) is 10.0 Å². The minimum absolute atomic E-state index is 0.0135. The summed E-state index contributed by atoms with van der Waals surface area (Å²) in [5.41, 5.74) is 1.07. The second kappa shape index (κ2) is 9.96. The van der Waals surface area contributed by atoms with E-state index in [0.717, 1.165) is 10.0 Å². The molecule has 0 saturated carbocycles. The van der Waals surface area contributed by atoms with Gasteiger partial charge in [0.25, 0.3) is 0 Å². The SMILES string of the molecule is C[C@@H](C(=O)NC(C)(C)C)N(Cc1cccc(Br)c1)C(=O)Cc1c(Cl)cccc1Cl. The van der Waals surface area contributed by atoms with Crippen molar-refractivity contribution < 1.29 is 9.59 Å². The third-order valence-corrected chi connectivity index (χ3v) is 5.50. The first-order chi connectivity index (χ1) is 13.5. The van der Waals surface area contributed by atoms with Crippen LogP contribution >= 0.6 is 39.1 Å². The van der Waals surface area contributed by atoms with Crippen molar-refractivity contribution in [3.05, 3.63) is 68.1 Å². The third-order valence-electron chi connectivity index (χ3n) is 4.30. The molecule has 2 amide bonds. The molecule has 7 heteroatoms. The quantitative estimate of drug-likeness (QED) is 0.559. The van der Waals surface area contributed by atoms with Gasteiger partial charge in [-0.25, -0.2) is 0 Å². The lowest BCUT2D eigenvalue weighted by Gasteiger charge is -2.31. The number of carbonyl (C=O) groups excluding carboxylic acids is 2. The Morgan fingerprint density at radius 1 is 1.10 bits per heavy atom. The van der Waals surface area contributed by atoms with Gasteiger partial charge in [-0.2, -0.15) is 0 Å². The molecular weight excluding hydrogens is 475 g/mol. The molecule has 156 valence electrons. The summed E-state index contributed by atoms with van der Waals surface area (Å²) in [6, 6.07) is 12.1. The van der Waals surface area contributed by atoms with Gasteiger partial charge in [0.15, 0.2) is 0 Å². The number of nitrogens with zero attached hydrogens (tertiary/aromatic N) is 1. The van der Waals surface area contributed by atoms with Crippen molar-refractivity contribution in [2.24, 2.45) is 0 Å². The molecule has 0 aliphatic heterocycles. The highest BCUT2D eigenvalue weighted by atomic mass is 79.9. The molecule has 1 N–H and O–H groups in total. The zero-order valence-corrected chi connectivity index (χ0v) is 20.0. The van der Waals surface area contributed by atoms with Crippen LogP contribution in [0.5, 0.6) is 0 Å². The van der Waals surface area contributed by atoms with Crippen LogP contribution in [-0.2, 0) is 22.6 Å². The molecule has 29 heavy (non-hydrogen) atoms. The van der Waals surface area contributed by atoms with Gasteiger partial charge in [0.2, 0.25) is 11.8 Å². The van der Waals surface area contributed by atoms with E-state index in [0.29, 0.717) is 22.2 Å². The zero-order valence-electron chi connectivity index (χ0n) is 16.9. The molecular formula is C22H25BrCl2N2O2. The van der Waals surface area contributed by atoms with Crippen LogP contribution in [0.25, 0.3) is 0 Å². The normalized spacial score (nSPS) is 12.4. The first kappa shape index (κ1) is 23.7. The first-order valence-corrected chi connectivity index (χ1v) is 10.8. The Labute approximate surface area is 190 Å². The van der Waals surface area contributed by atoms with E-state index in [1.54, 1.807) is 30.0 Å². The van der Waals surface area contributed by atoms with Crippen LogP contribution in [0.4, 0.5) is 0 Å². The number of halogens is 3. The Bertz CT molecular complexity index is 876. The van der Waals surface area contributed by atoms with Crippen LogP contribution in [-0.4, -0.2) is 28.3 Å². The Morgan fingerprint density at radius 3 is 2.24 bits per heavy atom. The highest BCUT2D eigenvalue weighted by Gasteiger charge is 2.29. The number of hydrogen-bond acceptors (Lipinski definition) is 2. The molecule has 0 aliphatic rings. The predicted molar refractivity (Wildman–Crippen MR) is 122 cm³/mol. The van der Waals surface area contributed by atoms with Crippen molar-refractivity contribution >= 4 is 50.9 Å². The van der Waals surface area contributed by atoms with Gasteiger partial charge in [0.1, 0.15) is 6.04 Å². The fourth-order valence-electron chi connectivity index (χ4n) is 2.84. The van der Waals surface area contributed by atoms with E-state index in [1.165, 1.54) is 0 Å². The molecule has 2 aromatic rings. The van der Waals surface area contributed by atoms with E-state index in [4.69, 9.17) is 23.2 Å². The lowest BCUT2D eigenvalue weighted by molar-refractivity contribution is -0.140. The van der Waals surface area contributed by atoms with Gasteiger partial charge in [0, 0.05) is 26.6 Å². The summed E-state index contributed by atoms with van der Waals surface area (Å²) in [4.78, 5) is 27.6. The first-order valence-electron chi connectivity index (χ1n) is 9.27. The molecule has 2 aromatic carbocycles. The minimum Gasteiger partial charge on any atom is -0.350 e. The van der Waals surface area contributed by atoms with Gasteiger partial charge in [0.05, 0.1) is 6.42 Å². The zero-order chi connectivity index (χ0) is 21.8. The minimum atomic E-state index is -0.665. The summed E-state index contributed by atoms with van der Waals surface area (Å²) in [6.45, 7) is 7.73. The van der Waals surface area contributed by atoms with E-state index in [9.17, 15) is 9.59 Å². The van der Waals surface area contributed by atoms with Crippen LogP contribution in [0.1, 0.15) is 38.8 Å². The fourth-order valence-corrected chi connectivity index (χ4v) is 3.82. The largest absolute Gasteiger partial charge is 0.350 e. The maximum Gasteiger partial charge on any atom is 0.242 e. The summed E-state index contributed by atoms with van der Waals surface area (Å²) in [5.74, 6) is -0.442. The molecule has 0 saturated heterocycles. The number of carbonyl (C=O) groups is 2.